The van der Waals surface area contributed by atoms with Gasteiger partial charge in [0.1, 0.15) is 11.5 Å². The van der Waals surface area contributed by atoms with E-state index in [2.05, 4.69) is 12.1 Å². The average Bonchev–Trinajstić information content (AvgIpc) is 2.61. The maximum Gasteiger partial charge on any atom is 0.209 e. The van der Waals surface area contributed by atoms with Crippen LogP contribution < -0.4 is 9.47 Å². The molecule has 5 heteroatoms. The Bertz CT molecular complexity index is 646. The van der Waals surface area contributed by atoms with E-state index in [1.54, 1.807) is 30.9 Å². The molecule has 0 atom stereocenters. The molecular formula is C18H21NO3S. The minimum Gasteiger partial charge on any atom is -0.497 e. The fourth-order valence-electron chi connectivity index (χ4n) is 2.18. The van der Waals surface area contributed by atoms with Crippen LogP contribution >= 0.6 is 11.8 Å². The van der Waals surface area contributed by atoms with Gasteiger partial charge in [0, 0.05) is 24.1 Å². The van der Waals surface area contributed by atoms with Crippen molar-refractivity contribution in [3.63, 3.8) is 0 Å². The molecule has 23 heavy (non-hydrogen) atoms. The largest absolute Gasteiger partial charge is 0.497 e. The summed E-state index contributed by atoms with van der Waals surface area (Å²) >= 11 is 1.62. The van der Waals surface area contributed by atoms with Crippen molar-refractivity contribution in [3.05, 3.63) is 48.0 Å². The second-order valence-corrected chi connectivity index (χ2v) is 5.99. The first-order chi connectivity index (χ1) is 11.2. The lowest BCUT2D eigenvalue weighted by Gasteiger charge is -2.20. The summed E-state index contributed by atoms with van der Waals surface area (Å²) < 4.78 is 10.9. The van der Waals surface area contributed by atoms with Gasteiger partial charge in [-0.25, -0.2) is 0 Å². The molecule has 0 spiro atoms. The number of amides is 1. The first-order valence-corrected chi connectivity index (χ1v) is 8.20. The Morgan fingerprint density at radius 3 is 2.43 bits per heavy atom. The maximum atomic E-state index is 11.2. The highest BCUT2D eigenvalue weighted by molar-refractivity contribution is 7.99. The SMILES string of the molecule is CCN(C=O)Cc1cc(OC)cc(OC)c1Sc1ccccc1. The molecule has 0 aromatic heterocycles. The number of hydrogen-bond acceptors (Lipinski definition) is 4. The summed E-state index contributed by atoms with van der Waals surface area (Å²) in [6.45, 7) is 3.12. The van der Waals surface area contributed by atoms with Crippen molar-refractivity contribution in [2.75, 3.05) is 20.8 Å². The molecule has 0 unspecified atom stereocenters. The molecule has 4 nitrogen and oxygen atoms in total. The molecule has 2 rings (SSSR count). The molecule has 0 aliphatic carbocycles. The van der Waals surface area contributed by atoms with Gasteiger partial charge in [-0.2, -0.15) is 0 Å². The van der Waals surface area contributed by atoms with Crippen LogP contribution in [0.1, 0.15) is 12.5 Å². The number of carbonyl (C=O) groups excluding carboxylic acids is 1. The normalized spacial score (nSPS) is 10.2. The number of rotatable bonds is 8. The van der Waals surface area contributed by atoms with E-state index in [0.29, 0.717) is 13.1 Å². The van der Waals surface area contributed by atoms with E-state index in [1.807, 2.05) is 37.3 Å². The van der Waals surface area contributed by atoms with E-state index in [1.165, 1.54) is 0 Å². The van der Waals surface area contributed by atoms with Crippen molar-refractivity contribution in [2.45, 2.75) is 23.3 Å². The molecule has 0 radical (unpaired) electrons. The van der Waals surface area contributed by atoms with Crippen LogP contribution in [0.2, 0.25) is 0 Å². The van der Waals surface area contributed by atoms with E-state index in [0.717, 1.165) is 33.3 Å². The van der Waals surface area contributed by atoms with Crippen molar-refractivity contribution < 1.29 is 14.3 Å². The number of hydrogen-bond donors (Lipinski definition) is 0. The third-order valence-corrected chi connectivity index (χ3v) is 4.63. The fourth-order valence-corrected chi connectivity index (χ4v) is 3.21. The highest BCUT2D eigenvalue weighted by Gasteiger charge is 2.15. The topological polar surface area (TPSA) is 38.8 Å². The summed E-state index contributed by atoms with van der Waals surface area (Å²) in [7, 11) is 3.27. The van der Waals surface area contributed by atoms with Crippen LogP contribution in [0, 0.1) is 0 Å². The Labute approximate surface area is 141 Å². The molecule has 0 saturated heterocycles. The van der Waals surface area contributed by atoms with E-state index in [9.17, 15) is 4.79 Å². The minimum absolute atomic E-state index is 0.517. The van der Waals surface area contributed by atoms with Gasteiger partial charge in [-0.15, -0.1) is 0 Å². The third kappa shape index (κ3) is 4.42. The number of benzene rings is 2. The summed E-state index contributed by atoms with van der Waals surface area (Å²) in [5.41, 5.74) is 1.00. The summed E-state index contributed by atoms with van der Waals surface area (Å²) in [5.74, 6) is 1.46. The molecule has 0 saturated carbocycles. The number of methoxy groups -OCH3 is 2. The van der Waals surface area contributed by atoms with E-state index in [-0.39, 0.29) is 0 Å². The van der Waals surface area contributed by atoms with Gasteiger partial charge < -0.3 is 14.4 Å². The summed E-state index contributed by atoms with van der Waals surface area (Å²) in [4.78, 5) is 15.0. The zero-order chi connectivity index (χ0) is 16.7. The zero-order valence-corrected chi connectivity index (χ0v) is 14.4. The quantitative estimate of drug-likeness (QED) is 0.689. The minimum atomic E-state index is 0.517. The monoisotopic (exact) mass is 331 g/mol. The maximum absolute atomic E-state index is 11.2. The van der Waals surface area contributed by atoms with Crippen molar-refractivity contribution >= 4 is 18.2 Å². The van der Waals surface area contributed by atoms with Gasteiger partial charge in [-0.05, 0) is 30.7 Å². The summed E-state index contributed by atoms with van der Waals surface area (Å²) in [6, 6.07) is 13.9. The fraction of sp³-hybridized carbons (Fsp3) is 0.278. The molecule has 0 aliphatic rings. The molecule has 0 aliphatic heterocycles. The van der Waals surface area contributed by atoms with Crippen LogP contribution in [-0.2, 0) is 11.3 Å². The Balaban J connectivity index is 2.45. The van der Waals surface area contributed by atoms with Gasteiger partial charge >= 0.3 is 0 Å². The standard InChI is InChI=1S/C18H21NO3S/c1-4-19(13-20)12-14-10-15(21-2)11-17(22-3)18(14)23-16-8-6-5-7-9-16/h5-11,13H,4,12H2,1-3H3. The predicted octanol–water partition coefficient (Wildman–Crippen LogP) is 3.83. The lowest BCUT2D eigenvalue weighted by Crippen LogP contribution is -2.21. The second-order valence-electron chi connectivity index (χ2n) is 4.90. The first-order valence-electron chi connectivity index (χ1n) is 7.39. The van der Waals surface area contributed by atoms with Crippen LogP contribution in [0.25, 0.3) is 0 Å². The number of nitrogens with zero attached hydrogens (tertiary/aromatic N) is 1. The van der Waals surface area contributed by atoms with Crippen LogP contribution in [0.5, 0.6) is 11.5 Å². The van der Waals surface area contributed by atoms with Gasteiger partial charge in [0.15, 0.2) is 0 Å². The van der Waals surface area contributed by atoms with Crippen LogP contribution in [0.15, 0.2) is 52.3 Å². The number of carbonyl (C=O) groups is 1. The molecule has 122 valence electrons. The van der Waals surface area contributed by atoms with E-state index in [4.69, 9.17) is 9.47 Å². The lowest BCUT2D eigenvalue weighted by molar-refractivity contribution is -0.118. The van der Waals surface area contributed by atoms with Crippen molar-refractivity contribution in [3.8, 4) is 11.5 Å². The van der Waals surface area contributed by atoms with Gasteiger partial charge in [0.2, 0.25) is 6.41 Å². The van der Waals surface area contributed by atoms with Crippen LogP contribution in [0.4, 0.5) is 0 Å². The molecule has 1 amide bonds. The van der Waals surface area contributed by atoms with Gasteiger partial charge in [-0.3, -0.25) is 4.79 Å². The molecule has 0 fully saturated rings. The molecule has 0 heterocycles. The summed E-state index contributed by atoms with van der Waals surface area (Å²) in [6.07, 6.45) is 0.864. The average molecular weight is 331 g/mol. The zero-order valence-electron chi connectivity index (χ0n) is 13.6. The lowest BCUT2D eigenvalue weighted by atomic mass is 10.2. The van der Waals surface area contributed by atoms with Crippen LogP contribution in [0.3, 0.4) is 0 Å². The Hall–Kier alpha value is -2.14. The van der Waals surface area contributed by atoms with Crippen molar-refractivity contribution in [2.24, 2.45) is 0 Å². The molecule has 2 aromatic rings. The molecular weight excluding hydrogens is 310 g/mol. The smallest absolute Gasteiger partial charge is 0.209 e. The molecule has 0 bridgehead atoms. The molecule has 0 N–H and O–H groups in total. The third-order valence-electron chi connectivity index (χ3n) is 3.45. The Kier molecular flexibility index (Phi) is 6.35. The van der Waals surface area contributed by atoms with Gasteiger partial charge in [-0.1, -0.05) is 30.0 Å². The predicted molar refractivity (Wildman–Crippen MR) is 92.3 cm³/mol. The number of ether oxygens (including phenoxy) is 2. The van der Waals surface area contributed by atoms with E-state index >= 15 is 0 Å². The van der Waals surface area contributed by atoms with Crippen molar-refractivity contribution in [1.82, 2.24) is 4.90 Å². The van der Waals surface area contributed by atoms with Gasteiger partial charge in [0.05, 0.1) is 19.1 Å². The first kappa shape index (κ1) is 17.2. The van der Waals surface area contributed by atoms with E-state index < -0.39 is 0 Å². The molecule has 2 aromatic carbocycles. The van der Waals surface area contributed by atoms with Gasteiger partial charge in [0.25, 0.3) is 0 Å². The second kappa shape index (κ2) is 8.48. The van der Waals surface area contributed by atoms with Crippen LogP contribution in [-0.4, -0.2) is 32.1 Å². The summed E-state index contributed by atoms with van der Waals surface area (Å²) in [5, 5.41) is 0. The Morgan fingerprint density at radius 1 is 1.13 bits per heavy atom. The Morgan fingerprint density at radius 2 is 1.87 bits per heavy atom. The highest BCUT2D eigenvalue weighted by Crippen LogP contribution is 2.40. The van der Waals surface area contributed by atoms with Crippen molar-refractivity contribution in [1.29, 1.82) is 0 Å². The highest BCUT2D eigenvalue weighted by atomic mass is 32.2.